The summed E-state index contributed by atoms with van der Waals surface area (Å²) in [5.41, 5.74) is 0.723. The summed E-state index contributed by atoms with van der Waals surface area (Å²) >= 11 is 0. The van der Waals surface area contributed by atoms with Crippen LogP contribution >= 0.6 is 0 Å². The smallest absolute Gasteiger partial charge is 0.345 e. The molecule has 0 atom stereocenters. The summed E-state index contributed by atoms with van der Waals surface area (Å²) in [6.45, 7) is 0. The number of phenolic OH excluding ortho intramolecular Hbond substituents is 1. The fourth-order valence-electron chi connectivity index (χ4n) is 1.23. The van der Waals surface area contributed by atoms with Crippen LogP contribution in [-0.4, -0.2) is 15.1 Å². The SMILES string of the molecule is O=c1nccc(-c2ccccc2O)[nH]1. The third kappa shape index (κ3) is 1.50. The molecule has 0 saturated carbocycles. The van der Waals surface area contributed by atoms with Crippen molar-refractivity contribution < 1.29 is 5.11 Å². The van der Waals surface area contributed by atoms with E-state index in [2.05, 4.69) is 9.97 Å². The van der Waals surface area contributed by atoms with E-state index in [0.717, 1.165) is 0 Å². The highest BCUT2D eigenvalue weighted by molar-refractivity contribution is 5.65. The Morgan fingerprint density at radius 2 is 2.00 bits per heavy atom. The van der Waals surface area contributed by atoms with Crippen molar-refractivity contribution in [2.45, 2.75) is 0 Å². The first-order chi connectivity index (χ1) is 6.77. The third-order valence-corrected chi connectivity index (χ3v) is 1.87. The molecule has 2 aromatic rings. The standard InChI is InChI=1S/C10H8N2O2/c13-9-4-2-1-3-7(9)8-5-6-11-10(14)12-8/h1-6,13H,(H,11,12,14). The summed E-state index contributed by atoms with van der Waals surface area (Å²) in [6, 6.07) is 8.43. The van der Waals surface area contributed by atoms with Gasteiger partial charge in [-0.2, -0.15) is 0 Å². The van der Waals surface area contributed by atoms with Crippen LogP contribution in [0.5, 0.6) is 5.75 Å². The Kier molecular flexibility index (Phi) is 2.02. The van der Waals surface area contributed by atoms with E-state index in [0.29, 0.717) is 11.3 Å². The maximum Gasteiger partial charge on any atom is 0.345 e. The Morgan fingerprint density at radius 1 is 1.21 bits per heavy atom. The molecule has 0 saturated heterocycles. The lowest BCUT2D eigenvalue weighted by Gasteiger charge is -2.02. The van der Waals surface area contributed by atoms with Crippen LogP contribution in [0.25, 0.3) is 11.3 Å². The van der Waals surface area contributed by atoms with Crippen LogP contribution in [0, 0.1) is 0 Å². The maximum atomic E-state index is 10.9. The van der Waals surface area contributed by atoms with E-state index >= 15 is 0 Å². The zero-order valence-corrected chi connectivity index (χ0v) is 7.27. The van der Waals surface area contributed by atoms with Crippen molar-refractivity contribution in [3.63, 3.8) is 0 Å². The minimum absolute atomic E-state index is 0.134. The zero-order valence-electron chi connectivity index (χ0n) is 7.27. The number of aromatic amines is 1. The molecule has 1 aromatic heterocycles. The molecule has 14 heavy (non-hydrogen) atoms. The van der Waals surface area contributed by atoms with Gasteiger partial charge in [-0.3, -0.25) is 0 Å². The van der Waals surface area contributed by atoms with Crippen LogP contribution in [0.2, 0.25) is 0 Å². The predicted octanol–water partition coefficient (Wildman–Crippen LogP) is 1.14. The van der Waals surface area contributed by atoms with Crippen molar-refractivity contribution >= 4 is 0 Å². The molecule has 1 heterocycles. The molecule has 0 unspecified atom stereocenters. The van der Waals surface area contributed by atoms with Gasteiger partial charge in [-0.15, -0.1) is 0 Å². The minimum Gasteiger partial charge on any atom is -0.507 e. The van der Waals surface area contributed by atoms with Gasteiger partial charge in [0, 0.05) is 11.8 Å². The van der Waals surface area contributed by atoms with Crippen LogP contribution in [0.15, 0.2) is 41.3 Å². The van der Waals surface area contributed by atoms with Gasteiger partial charge in [0.1, 0.15) is 5.75 Å². The van der Waals surface area contributed by atoms with Crippen molar-refractivity contribution in [1.82, 2.24) is 9.97 Å². The fourth-order valence-corrected chi connectivity index (χ4v) is 1.23. The highest BCUT2D eigenvalue weighted by atomic mass is 16.3. The highest BCUT2D eigenvalue weighted by Crippen LogP contribution is 2.25. The Bertz CT molecular complexity index is 505. The summed E-state index contributed by atoms with van der Waals surface area (Å²) in [5, 5.41) is 9.51. The molecule has 4 heteroatoms. The van der Waals surface area contributed by atoms with E-state index in [9.17, 15) is 9.90 Å². The number of rotatable bonds is 1. The van der Waals surface area contributed by atoms with E-state index in [-0.39, 0.29) is 5.75 Å². The second-order valence-corrected chi connectivity index (χ2v) is 2.81. The third-order valence-electron chi connectivity index (χ3n) is 1.87. The largest absolute Gasteiger partial charge is 0.507 e. The molecule has 0 aliphatic rings. The second-order valence-electron chi connectivity index (χ2n) is 2.81. The summed E-state index contributed by atoms with van der Waals surface area (Å²) in [7, 11) is 0. The first-order valence-electron chi connectivity index (χ1n) is 4.11. The summed E-state index contributed by atoms with van der Waals surface area (Å²) in [4.78, 5) is 17.0. The first kappa shape index (κ1) is 8.50. The number of para-hydroxylation sites is 1. The molecule has 0 aliphatic heterocycles. The van der Waals surface area contributed by atoms with Crippen LogP contribution in [0.4, 0.5) is 0 Å². The van der Waals surface area contributed by atoms with Crippen molar-refractivity contribution in [1.29, 1.82) is 0 Å². The fraction of sp³-hybridized carbons (Fsp3) is 0. The molecule has 0 radical (unpaired) electrons. The molecule has 0 bridgehead atoms. The number of H-pyrrole nitrogens is 1. The predicted molar refractivity (Wildman–Crippen MR) is 52.0 cm³/mol. The lowest BCUT2D eigenvalue weighted by atomic mass is 10.1. The topological polar surface area (TPSA) is 66.0 Å². The van der Waals surface area contributed by atoms with Gasteiger partial charge in [0.05, 0.1) is 5.69 Å². The Balaban J connectivity index is 2.61. The number of hydrogen-bond acceptors (Lipinski definition) is 3. The average Bonchev–Trinajstić information content (AvgIpc) is 2.18. The molecule has 0 aliphatic carbocycles. The van der Waals surface area contributed by atoms with Crippen LogP contribution in [0.1, 0.15) is 0 Å². The molecule has 1 aromatic carbocycles. The van der Waals surface area contributed by atoms with E-state index in [4.69, 9.17) is 0 Å². The summed E-state index contributed by atoms with van der Waals surface area (Å²) in [5.74, 6) is 0.134. The van der Waals surface area contributed by atoms with E-state index in [1.165, 1.54) is 6.20 Å². The molecule has 2 rings (SSSR count). The maximum absolute atomic E-state index is 10.9. The van der Waals surface area contributed by atoms with Gasteiger partial charge in [-0.25, -0.2) is 9.78 Å². The number of nitrogens with one attached hydrogen (secondary N) is 1. The van der Waals surface area contributed by atoms with E-state index in [1.807, 2.05) is 0 Å². The van der Waals surface area contributed by atoms with Crippen LogP contribution in [0.3, 0.4) is 0 Å². The van der Waals surface area contributed by atoms with Crippen LogP contribution < -0.4 is 5.69 Å². The summed E-state index contributed by atoms with van der Waals surface area (Å²) < 4.78 is 0. The van der Waals surface area contributed by atoms with E-state index in [1.54, 1.807) is 30.3 Å². The number of hydrogen-bond donors (Lipinski definition) is 2. The average molecular weight is 188 g/mol. The van der Waals surface area contributed by atoms with Gasteiger partial charge >= 0.3 is 5.69 Å². The van der Waals surface area contributed by atoms with Crippen LogP contribution in [-0.2, 0) is 0 Å². The molecular weight excluding hydrogens is 180 g/mol. The molecule has 4 nitrogen and oxygen atoms in total. The van der Waals surface area contributed by atoms with Gasteiger partial charge in [-0.1, -0.05) is 12.1 Å². The zero-order chi connectivity index (χ0) is 9.97. The molecular formula is C10H8N2O2. The van der Waals surface area contributed by atoms with Crippen molar-refractivity contribution in [2.75, 3.05) is 0 Å². The minimum atomic E-state index is -0.425. The van der Waals surface area contributed by atoms with Crippen molar-refractivity contribution in [3.05, 3.63) is 47.0 Å². The summed E-state index contributed by atoms with van der Waals surface area (Å²) in [6.07, 6.45) is 1.40. The number of benzene rings is 1. The van der Waals surface area contributed by atoms with Gasteiger partial charge in [0.2, 0.25) is 0 Å². The molecule has 70 valence electrons. The molecule has 0 amide bonds. The lowest BCUT2D eigenvalue weighted by Crippen LogP contribution is -2.09. The normalized spacial score (nSPS) is 10.0. The second kappa shape index (κ2) is 3.33. The molecule has 2 N–H and O–H groups in total. The lowest BCUT2D eigenvalue weighted by molar-refractivity contribution is 0.477. The number of nitrogens with zero attached hydrogens (tertiary/aromatic N) is 1. The Hall–Kier alpha value is -2.10. The monoisotopic (exact) mass is 188 g/mol. The van der Waals surface area contributed by atoms with Gasteiger partial charge < -0.3 is 10.1 Å². The van der Waals surface area contributed by atoms with E-state index < -0.39 is 5.69 Å². The number of aromatic hydroxyl groups is 1. The van der Waals surface area contributed by atoms with Gasteiger partial charge in [0.15, 0.2) is 0 Å². The molecule has 0 spiro atoms. The van der Waals surface area contributed by atoms with Gasteiger partial charge in [-0.05, 0) is 18.2 Å². The first-order valence-corrected chi connectivity index (χ1v) is 4.11. The number of phenols is 1. The van der Waals surface area contributed by atoms with Gasteiger partial charge in [0.25, 0.3) is 0 Å². The molecule has 0 fully saturated rings. The Labute approximate surface area is 79.9 Å². The quantitative estimate of drug-likeness (QED) is 0.705. The highest BCUT2D eigenvalue weighted by Gasteiger charge is 2.02. The Morgan fingerprint density at radius 3 is 2.71 bits per heavy atom. The van der Waals surface area contributed by atoms with Crippen molar-refractivity contribution in [3.8, 4) is 17.0 Å². The number of aromatic nitrogens is 2. The van der Waals surface area contributed by atoms with Crippen molar-refractivity contribution in [2.24, 2.45) is 0 Å².